The number of nitrogens with two attached hydrogens (primary N) is 2. The molecule has 1 atom stereocenters. The van der Waals surface area contributed by atoms with Crippen molar-refractivity contribution in [1.82, 2.24) is 24.8 Å². The molecule has 0 radical (unpaired) electrons. The number of aromatic nitrogens is 4. The number of nitrogens with zero attached hydrogens (tertiary/aromatic N) is 7. The van der Waals surface area contributed by atoms with Gasteiger partial charge in [0.2, 0.25) is 28.4 Å². The highest BCUT2D eigenvalue weighted by Gasteiger charge is 2.27. The van der Waals surface area contributed by atoms with Gasteiger partial charge in [0.05, 0.1) is 40.5 Å². The van der Waals surface area contributed by atoms with Gasteiger partial charge in [-0.3, -0.25) is 35.1 Å². The highest BCUT2D eigenvalue weighted by Crippen LogP contribution is 2.30. The Bertz CT molecular complexity index is 1470. The van der Waals surface area contributed by atoms with Crippen LogP contribution in [0.4, 0.5) is 44.2 Å². The molecule has 23 heteroatoms. The molecule has 2 heterocycles. The number of aliphatic hydroxyl groups excluding tert-OH is 1. The molecule has 2 aromatic heterocycles. The molecule has 0 aliphatic rings. The van der Waals surface area contributed by atoms with Gasteiger partial charge < -0.3 is 35.7 Å². The zero-order valence-electron chi connectivity index (χ0n) is 30.2. The van der Waals surface area contributed by atoms with Crippen molar-refractivity contribution < 1.29 is 43.0 Å². The lowest BCUT2D eigenvalue weighted by atomic mass is 10.4. The number of anilines is 4. The molecule has 53 heavy (non-hydrogen) atoms. The Hall–Kier alpha value is -5.55. The highest BCUT2D eigenvalue weighted by atomic mass is 32.2. The number of hydrogen-bond acceptors (Lipinski definition) is 18. The molecule has 0 aliphatic heterocycles. The van der Waals surface area contributed by atoms with E-state index in [4.69, 9.17) is 21.3 Å². The predicted octanol–water partition coefficient (Wildman–Crippen LogP) is 4.30. The third-order valence-electron chi connectivity index (χ3n) is 5.62. The van der Waals surface area contributed by atoms with Crippen LogP contribution in [0.15, 0.2) is 30.5 Å². The van der Waals surface area contributed by atoms with Gasteiger partial charge in [0.1, 0.15) is 0 Å². The van der Waals surface area contributed by atoms with Crippen molar-refractivity contribution in [2.24, 2.45) is 0 Å². The van der Waals surface area contributed by atoms with E-state index in [9.17, 15) is 34.0 Å². The second-order valence-electron chi connectivity index (χ2n) is 9.18. The monoisotopic (exact) mass is 775 g/mol. The number of nitro groups is 2. The molecule has 0 saturated heterocycles. The summed E-state index contributed by atoms with van der Waals surface area (Å²) in [6.45, 7) is 20.8. The molecule has 0 fully saturated rings. The van der Waals surface area contributed by atoms with Crippen LogP contribution in [0.2, 0.25) is 0 Å². The summed E-state index contributed by atoms with van der Waals surface area (Å²) >= 11 is 0. The number of nitrogens with one attached hydrogen (secondary N) is 2. The quantitative estimate of drug-likeness (QED) is 0.0521. The van der Waals surface area contributed by atoms with Gasteiger partial charge in [-0.25, -0.2) is 9.59 Å². The number of hydrogen-bond donors (Lipinski definition) is 5. The number of carbonyl (C=O) groups excluding carboxylic acids is 2. The zero-order valence-corrected chi connectivity index (χ0v) is 31.0. The minimum Gasteiger partial charge on any atom is -0.463 e. The van der Waals surface area contributed by atoms with Gasteiger partial charge in [0.25, 0.3) is 0 Å². The van der Waals surface area contributed by atoms with Crippen LogP contribution in [0, 0.1) is 20.2 Å². The Morgan fingerprint density at radius 1 is 0.849 bits per heavy atom. The summed E-state index contributed by atoms with van der Waals surface area (Å²) in [5.41, 5.74) is 9.58. The normalized spacial score (nSPS) is 10.1. The molecular weight excluding hydrogens is 722 g/mol. The van der Waals surface area contributed by atoms with Gasteiger partial charge in [0.15, 0.2) is 0 Å². The zero-order chi connectivity index (χ0) is 40.2. The van der Waals surface area contributed by atoms with Gasteiger partial charge in [-0.05, 0) is 46.3 Å². The van der Waals surface area contributed by atoms with E-state index in [-0.39, 0.29) is 50.8 Å². The molecule has 2 aromatic rings. The van der Waals surface area contributed by atoms with Crippen molar-refractivity contribution in [3.8, 4) is 6.01 Å². The number of ether oxygens (including phenoxy) is 3. The Kier molecular flexibility index (Phi) is 29.4. The van der Waals surface area contributed by atoms with Gasteiger partial charge in [-0.15, -0.1) is 13.2 Å². The van der Waals surface area contributed by atoms with Crippen LogP contribution in [0.3, 0.4) is 0 Å². The summed E-state index contributed by atoms with van der Waals surface area (Å²) < 4.78 is 25.6. The van der Waals surface area contributed by atoms with Crippen LogP contribution in [0.1, 0.15) is 54.9 Å². The predicted molar refractivity (Wildman–Crippen MR) is 202 cm³/mol. The summed E-state index contributed by atoms with van der Waals surface area (Å²) in [7, 11) is -1.61. The van der Waals surface area contributed by atoms with Gasteiger partial charge in [-0.1, -0.05) is 40.3 Å². The minimum atomic E-state index is -1.61. The van der Waals surface area contributed by atoms with Crippen LogP contribution in [-0.4, -0.2) is 109 Å². The van der Waals surface area contributed by atoms with Gasteiger partial charge in [-0.2, -0.15) is 19.9 Å². The van der Waals surface area contributed by atoms with E-state index in [1.54, 1.807) is 26.0 Å². The van der Waals surface area contributed by atoms with E-state index in [1.165, 1.54) is 25.9 Å². The van der Waals surface area contributed by atoms with Crippen LogP contribution in [0.5, 0.6) is 6.01 Å². The Morgan fingerprint density at radius 2 is 1.28 bits per heavy atom. The average molecular weight is 776 g/mol. The van der Waals surface area contributed by atoms with Gasteiger partial charge in [0, 0.05) is 12.9 Å². The smallest absolute Gasteiger partial charge is 0.412 e. The van der Waals surface area contributed by atoms with Crippen molar-refractivity contribution in [2.45, 2.75) is 60.0 Å². The van der Waals surface area contributed by atoms with Crippen molar-refractivity contribution >= 4 is 57.6 Å². The number of aliphatic hydroxyl groups is 1. The standard InChI is InChI=1S/C11H15N5O5.C8H11N5O5S.C6H15N.C4H8O.CH4/c1-3-5-6-21-10-13-8(12)7(16(18)19)9(14-10)15-11(17)20-4-2;1-3-18-8(14)12-6-4(13(15)16)5(9)10-7(11-6)19(2)17;1-4-7(5-2)6-3;1-2-3-4-5;/h3H,1,4-6H2,2H3,(H3,12,13,14,15,17);3H2,1-2H3,(H3,9,10,11,12,14);4-6H2,1-3H3;2,5H,1,3-4H2;1H4. The summed E-state index contributed by atoms with van der Waals surface area (Å²) in [6.07, 6.45) is 3.98. The summed E-state index contributed by atoms with van der Waals surface area (Å²) in [5, 5.41) is 33.8. The third kappa shape index (κ3) is 21.4. The summed E-state index contributed by atoms with van der Waals surface area (Å²) in [4.78, 5) is 59.7. The molecule has 0 saturated carbocycles. The first-order valence-corrected chi connectivity index (χ1v) is 17.2. The molecule has 1 unspecified atom stereocenters. The van der Waals surface area contributed by atoms with Crippen molar-refractivity contribution in [3.63, 3.8) is 0 Å². The molecule has 0 bridgehead atoms. The Morgan fingerprint density at radius 3 is 1.60 bits per heavy atom. The maximum Gasteiger partial charge on any atom is 0.412 e. The maximum absolute atomic E-state index is 11.4. The Labute approximate surface area is 311 Å². The molecule has 7 N–H and O–H groups in total. The van der Waals surface area contributed by atoms with E-state index in [0.29, 0.717) is 12.8 Å². The number of rotatable bonds is 16. The third-order valence-corrected chi connectivity index (χ3v) is 6.32. The van der Waals surface area contributed by atoms with Crippen molar-refractivity contribution in [3.05, 3.63) is 45.5 Å². The first-order chi connectivity index (χ1) is 24.6. The summed E-state index contributed by atoms with van der Waals surface area (Å²) in [5.74, 6) is -1.76. The van der Waals surface area contributed by atoms with Crippen molar-refractivity contribution in [2.75, 3.05) is 74.4 Å². The molecule has 300 valence electrons. The molecule has 2 rings (SSSR count). The summed E-state index contributed by atoms with van der Waals surface area (Å²) in [6, 6.07) is -0.188. The lowest BCUT2D eigenvalue weighted by molar-refractivity contribution is -0.383. The fraction of sp³-hybridized carbons (Fsp3) is 0.533. The van der Waals surface area contributed by atoms with E-state index >= 15 is 0 Å². The molecular formula is C30H53N11O11S. The van der Waals surface area contributed by atoms with Crippen LogP contribution >= 0.6 is 0 Å². The largest absolute Gasteiger partial charge is 0.463 e. The number of carbonyl (C=O) groups is 2. The molecule has 2 amide bonds. The van der Waals surface area contributed by atoms with Crippen molar-refractivity contribution in [1.29, 1.82) is 0 Å². The van der Waals surface area contributed by atoms with Crippen LogP contribution in [-0.2, 0) is 20.3 Å². The Balaban J connectivity index is -0.000000714. The van der Waals surface area contributed by atoms with E-state index in [2.05, 4.69) is 78.9 Å². The number of nitrogen functional groups attached to an aromatic ring is 2. The maximum atomic E-state index is 11.4. The fourth-order valence-corrected chi connectivity index (χ4v) is 3.60. The van der Waals surface area contributed by atoms with E-state index < -0.39 is 61.7 Å². The fourth-order valence-electron chi connectivity index (χ4n) is 3.15. The topological polar surface area (TPSA) is 316 Å². The first kappa shape index (κ1) is 51.8. The van der Waals surface area contributed by atoms with Crippen LogP contribution in [0.25, 0.3) is 0 Å². The lowest BCUT2D eigenvalue weighted by Gasteiger charge is -2.13. The average Bonchev–Trinajstić information content (AvgIpc) is 3.06. The first-order valence-electron chi connectivity index (χ1n) is 15.6. The van der Waals surface area contributed by atoms with Crippen LogP contribution < -0.4 is 26.8 Å². The molecule has 0 spiro atoms. The SMILES string of the molecule is C.C=CCCO.C=CCCOc1nc(N)c([N+](=O)[O-])c(NC(=O)OCC)n1.CCN(CC)CC.CCOC(=O)Nc1nc(S(C)=O)nc(N)c1[N+](=O)[O-]. The van der Waals surface area contributed by atoms with E-state index in [0.717, 1.165) is 0 Å². The number of amides is 2. The minimum absolute atomic E-state index is 0. The van der Waals surface area contributed by atoms with Gasteiger partial charge >= 0.3 is 29.6 Å². The second kappa shape index (κ2) is 30.1. The second-order valence-corrected chi connectivity index (χ2v) is 10.5. The molecule has 0 aromatic carbocycles. The molecule has 22 nitrogen and oxygen atoms in total. The lowest BCUT2D eigenvalue weighted by Crippen LogP contribution is -2.21. The van der Waals surface area contributed by atoms with E-state index in [1.807, 2.05) is 0 Å². The highest BCUT2D eigenvalue weighted by molar-refractivity contribution is 7.84. The molecule has 0 aliphatic carbocycles.